The number of hydrogen-bond donors (Lipinski definition) is 2. The third-order valence-corrected chi connectivity index (χ3v) is 6.95. The van der Waals surface area contributed by atoms with Crippen molar-refractivity contribution < 1.29 is 32.3 Å². The van der Waals surface area contributed by atoms with Crippen molar-refractivity contribution in [1.29, 1.82) is 0 Å². The quantitative estimate of drug-likeness (QED) is 0.441. The van der Waals surface area contributed by atoms with Gasteiger partial charge >= 0.3 is 0 Å². The molecule has 0 spiro atoms. The number of hydrogen-bond acceptors (Lipinski definition) is 7. The summed E-state index contributed by atoms with van der Waals surface area (Å²) in [6.07, 6.45) is 0. The van der Waals surface area contributed by atoms with E-state index in [2.05, 4.69) is 10.9 Å². The average molecular weight is 466 g/mol. The van der Waals surface area contributed by atoms with Crippen LogP contribution in [-0.4, -0.2) is 40.2 Å². The van der Waals surface area contributed by atoms with Crippen molar-refractivity contribution in [1.82, 2.24) is 10.9 Å². The fraction of sp³-hybridized carbons (Fsp3) is 0.0870. The minimum atomic E-state index is -4.00. The molecule has 3 aromatic carbocycles. The first-order valence-electron chi connectivity index (χ1n) is 9.63. The van der Waals surface area contributed by atoms with Gasteiger partial charge in [-0.15, -0.1) is 0 Å². The maximum absolute atomic E-state index is 13.0. The molecule has 0 aromatic heterocycles. The second kappa shape index (κ2) is 8.40. The highest BCUT2D eigenvalue weighted by molar-refractivity contribution is 7.91. The number of sulfone groups is 1. The van der Waals surface area contributed by atoms with Crippen LogP contribution in [0.25, 0.3) is 0 Å². The van der Waals surface area contributed by atoms with E-state index in [4.69, 9.17) is 9.47 Å². The van der Waals surface area contributed by atoms with Gasteiger partial charge in [0.15, 0.2) is 5.78 Å². The molecule has 0 saturated heterocycles. The minimum absolute atomic E-state index is 0.0160. The summed E-state index contributed by atoms with van der Waals surface area (Å²) in [7, 11) is -1.12. The fourth-order valence-electron chi connectivity index (χ4n) is 3.42. The molecule has 9 nitrogen and oxygen atoms in total. The van der Waals surface area contributed by atoms with Crippen LogP contribution >= 0.6 is 0 Å². The Morgan fingerprint density at radius 3 is 1.94 bits per heavy atom. The van der Waals surface area contributed by atoms with Crippen molar-refractivity contribution in [2.75, 3.05) is 14.2 Å². The zero-order chi connectivity index (χ0) is 23.8. The van der Waals surface area contributed by atoms with Crippen LogP contribution in [0.4, 0.5) is 0 Å². The second-order valence-electron chi connectivity index (χ2n) is 7.05. The number of carbonyl (C=O) groups excluding carboxylic acids is 3. The molecule has 2 N–H and O–H groups in total. The Morgan fingerprint density at radius 2 is 1.30 bits per heavy atom. The van der Waals surface area contributed by atoms with Crippen LogP contribution in [-0.2, 0) is 9.84 Å². The van der Waals surface area contributed by atoms with Crippen LogP contribution in [0.3, 0.4) is 0 Å². The number of methoxy groups -OCH3 is 2. The molecule has 0 unspecified atom stereocenters. The molecule has 0 aliphatic carbocycles. The normalized spacial score (nSPS) is 13.3. The van der Waals surface area contributed by atoms with Gasteiger partial charge in [-0.25, -0.2) is 8.42 Å². The Kier molecular flexibility index (Phi) is 5.60. The van der Waals surface area contributed by atoms with Crippen molar-refractivity contribution in [3.63, 3.8) is 0 Å². The molecule has 4 rings (SSSR count). The molecule has 1 aliphatic heterocycles. The van der Waals surface area contributed by atoms with E-state index < -0.39 is 27.4 Å². The number of nitrogens with one attached hydrogen (secondary N) is 2. The van der Waals surface area contributed by atoms with Crippen LogP contribution in [0.2, 0.25) is 0 Å². The lowest BCUT2D eigenvalue weighted by molar-refractivity contribution is 0.0846. The van der Waals surface area contributed by atoms with Crippen LogP contribution < -0.4 is 20.3 Å². The third kappa shape index (κ3) is 3.92. The molecule has 3 aromatic rings. The SMILES string of the molecule is COc1cc(OC)cc(C(=O)NNC(=O)c2ccc3c(c2)S(=O)(=O)c2ccccc2C3=O)c1. The lowest BCUT2D eigenvalue weighted by Crippen LogP contribution is -2.41. The molecule has 1 heterocycles. The van der Waals surface area contributed by atoms with Gasteiger partial charge in [0.2, 0.25) is 9.84 Å². The van der Waals surface area contributed by atoms with E-state index in [-0.39, 0.29) is 32.0 Å². The molecule has 1 aliphatic rings. The highest BCUT2D eigenvalue weighted by atomic mass is 32.2. The summed E-state index contributed by atoms with van der Waals surface area (Å²) in [5, 5.41) is 0. The zero-order valence-corrected chi connectivity index (χ0v) is 18.4. The molecule has 2 amide bonds. The van der Waals surface area contributed by atoms with Gasteiger partial charge in [0.1, 0.15) is 11.5 Å². The standard InChI is InChI=1S/C23H18N2O7S/c1-31-15-9-14(10-16(12-15)32-2)23(28)25-24-22(27)13-7-8-18-20(11-13)33(29,30)19-6-4-3-5-17(19)21(18)26/h3-12H,1-2H3,(H,24,27)(H,25,28). The molecular weight excluding hydrogens is 448 g/mol. The summed E-state index contributed by atoms with van der Waals surface area (Å²) >= 11 is 0. The predicted octanol–water partition coefficient (Wildman–Crippen LogP) is 2.16. The Hall–Kier alpha value is -4.18. The van der Waals surface area contributed by atoms with Gasteiger partial charge < -0.3 is 9.47 Å². The second-order valence-corrected chi connectivity index (χ2v) is 8.94. The molecule has 168 valence electrons. The third-order valence-electron chi connectivity index (χ3n) is 5.10. The minimum Gasteiger partial charge on any atom is -0.497 e. The maximum Gasteiger partial charge on any atom is 0.269 e. The van der Waals surface area contributed by atoms with Crippen molar-refractivity contribution in [3.05, 3.63) is 82.9 Å². The van der Waals surface area contributed by atoms with Gasteiger partial charge in [0.05, 0.1) is 24.0 Å². The smallest absolute Gasteiger partial charge is 0.269 e. The van der Waals surface area contributed by atoms with E-state index >= 15 is 0 Å². The molecule has 0 bridgehead atoms. The number of amides is 2. The van der Waals surface area contributed by atoms with Crippen LogP contribution in [0, 0.1) is 0 Å². The van der Waals surface area contributed by atoms with Gasteiger partial charge in [-0.2, -0.15) is 0 Å². The zero-order valence-electron chi connectivity index (χ0n) is 17.5. The monoisotopic (exact) mass is 466 g/mol. The van der Waals surface area contributed by atoms with E-state index in [1.165, 1.54) is 56.7 Å². The molecule has 0 radical (unpaired) electrons. The van der Waals surface area contributed by atoms with Crippen molar-refractivity contribution in [2.45, 2.75) is 9.79 Å². The summed E-state index contributed by atoms with van der Waals surface area (Å²) < 4.78 is 36.3. The molecule has 0 fully saturated rings. The average Bonchev–Trinajstić information content (AvgIpc) is 2.85. The highest BCUT2D eigenvalue weighted by Gasteiger charge is 2.35. The summed E-state index contributed by atoms with van der Waals surface area (Å²) in [6.45, 7) is 0. The van der Waals surface area contributed by atoms with Crippen molar-refractivity contribution in [2.24, 2.45) is 0 Å². The van der Waals surface area contributed by atoms with Crippen molar-refractivity contribution >= 4 is 27.4 Å². The topological polar surface area (TPSA) is 128 Å². The summed E-state index contributed by atoms with van der Waals surface area (Å²) in [5.41, 5.74) is 4.69. The van der Waals surface area contributed by atoms with E-state index in [9.17, 15) is 22.8 Å². The van der Waals surface area contributed by atoms with Gasteiger partial charge in [0.25, 0.3) is 11.8 Å². The highest BCUT2D eigenvalue weighted by Crippen LogP contribution is 2.34. The van der Waals surface area contributed by atoms with Gasteiger partial charge in [0, 0.05) is 28.3 Å². The molecule has 33 heavy (non-hydrogen) atoms. The van der Waals surface area contributed by atoms with Crippen molar-refractivity contribution in [3.8, 4) is 11.5 Å². The largest absolute Gasteiger partial charge is 0.497 e. The summed E-state index contributed by atoms with van der Waals surface area (Å²) in [5.74, 6) is -1.08. The molecular formula is C23H18N2O7S. The summed E-state index contributed by atoms with van der Waals surface area (Å²) in [4.78, 5) is 37.4. The van der Waals surface area contributed by atoms with Gasteiger partial charge in [-0.05, 0) is 42.5 Å². The van der Waals surface area contributed by atoms with E-state index in [1.807, 2.05) is 0 Å². The van der Waals surface area contributed by atoms with Crippen LogP contribution in [0.1, 0.15) is 36.6 Å². The van der Waals surface area contributed by atoms with E-state index in [0.717, 1.165) is 6.07 Å². The van der Waals surface area contributed by atoms with Gasteiger partial charge in [-0.3, -0.25) is 25.2 Å². The van der Waals surface area contributed by atoms with Gasteiger partial charge in [-0.1, -0.05) is 12.1 Å². The first-order chi connectivity index (χ1) is 15.8. The Bertz CT molecular complexity index is 1390. The predicted molar refractivity (Wildman–Crippen MR) is 116 cm³/mol. The van der Waals surface area contributed by atoms with E-state index in [1.54, 1.807) is 12.1 Å². The first-order valence-corrected chi connectivity index (χ1v) is 11.1. The lowest BCUT2D eigenvalue weighted by Gasteiger charge is -2.19. The summed E-state index contributed by atoms with van der Waals surface area (Å²) in [6, 6.07) is 14.1. The van der Waals surface area contributed by atoms with Crippen LogP contribution in [0.5, 0.6) is 11.5 Å². The van der Waals surface area contributed by atoms with Crippen LogP contribution in [0.15, 0.2) is 70.5 Å². The maximum atomic E-state index is 13.0. The fourth-order valence-corrected chi connectivity index (χ4v) is 5.10. The Balaban J connectivity index is 1.57. The number of hydrazine groups is 1. The number of carbonyl (C=O) groups is 3. The number of ketones is 1. The molecule has 0 saturated carbocycles. The number of fused-ring (bicyclic) bond motifs is 2. The number of rotatable bonds is 4. The Labute approximate surface area is 189 Å². The van der Waals surface area contributed by atoms with E-state index in [0.29, 0.717) is 11.5 Å². The lowest BCUT2D eigenvalue weighted by atomic mass is 10.0. The number of ether oxygens (including phenoxy) is 2. The molecule has 0 atom stereocenters. The molecule has 10 heteroatoms. The Morgan fingerprint density at radius 1 is 0.727 bits per heavy atom. The number of benzene rings is 3. The first kappa shape index (κ1) is 22.0.